The lowest BCUT2D eigenvalue weighted by Crippen LogP contribution is -1.90. The number of nitrogens with zero attached hydrogens (tertiary/aromatic N) is 1. The molecule has 0 spiro atoms. The number of ether oxygens (including phenoxy) is 1. The van der Waals surface area contributed by atoms with Crippen LogP contribution in [0.2, 0.25) is 5.02 Å². The summed E-state index contributed by atoms with van der Waals surface area (Å²) in [7, 11) is 1.56. The van der Waals surface area contributed by atoms with E-state index in [0.717, 1.165) is 5.56 Å². The molecular formula is C9H9Cl2NO. The van der Waals surface area contributed by atoms with Gasteiger partial charge in [0.2, 0.25) is 5.88 Å². The zero-order chi connectivity index (χ0) is 9.68. The van der Waals surface area contributed by atoms with Crippen LogP contribution >= 0.6 is 23.2 Å². The quantitative estimate of drug-likeness (QED) is 0.727. The van der Waals surface area contributed by atoms with Gasteiger partial charge in [-0.15, -0.1) is 11.6 Å². The Morgan fingerprint density at radius 3 is 3.00 bits per heavy atom. The van der Waals surface area contributed by atoms with Crippen molar-refractivity contribution in [2.24, 2.45) is 0 Å². The molecule has 0 amide bonds. The summed E-state index contributed by atoms with van der Waals surface area (Å²) in [5.41, 5.74) is 0.829. The SMILES string of the molecule is COc1ncc(Cl)cc1C=CCCl. The molecule has 13 heavy (non-hydrogen) atoms. The van der Waals surface area contributed by atoms with Crippen molar-refractivity contribution in [3.8, 4) is 5.88 Å². The van der Waals surface area contributed by atoms with Crippen molar-refractivity contribution in [1.82, 2.24) is 4.98 Å². The molecule has 70 valence electrons. The maximum absolute atomic E-state index is 5.77. The van der Waals surface area contributed by atoms with Crippen LogP contribution in [0.3, 0.4) is 0 Å². The summed E-state index contributed by atoms with van der Waals surface area (Å²) in [5, 5.41) is 0.579. The van der Waals surface area contributed by atoms with Gasteiger partial charge in [0.25, 0.3) is 0 Å². The van der Waals surface area contributed by atoms with Crippen molar-refractivity contribution < 1.29 is 4.74 Å². The molecule has 0 atom stereocenters. The van der Waals surface area contributed by atoms with E-state index in [4.69, 9.17) is 27.9 Å². The zero-order valence-corrected chi connectivity index (χ0v) is 8.64. The minimum absolute atomic E-state index is 0.454. The number of aromatic nitrogens is 1. The lowest BCUT2D eigenvalue weighted by atomic mass is 10.2. The number of hydrogen-bond acceptors (Lipinski definition) is 2. The number of pyridine rings is 1. The van der Waals surface area contributed by atoms with Gasteiger partial charge in [0.05, 0.1) is 12.1 Å². The highest BCUT2D eigenvalue weighted by Crippen LogP contribution is 2.20. The summed E-state index contributed by atoms with van der Waals surface area (Å²) in [6.07, 6.45) is 5.17. The molecule has 0 aromatic carbocycles. The fourth-order valence-electron chi connectivity index (χ4n) is 0.904. The first kappa shape index (κ1) is 10.4. The molecule has 4 heteroatoms. The Labute approximate surface area is 87.1 Å². The predicted molar refractivity (Wildman–Crippen MR) is 55.6 cm³/mol. The second kappa shape index (κ2) is 5.10. The topological polar surface area (TPSA) is 22.1 Å². The Morgan fingerprint density at radius 1 is 1.62 bits per heavy atom. The molecule has 0 saturated carbocycles. The minimum Gasteiger partial charge on any atom is -0.481 e. The van der Waals surface area contributed by atoms with Gasteiger partial charge in [-0.3, -0.25) is 0 Å². The fraction of sp³-hybridized carbons (Fsp3) is 0.222. The van der Waals surface area contributed by atoms with Crippen LogP contribution in [0.15, 0.2) is 18.3 Å². The average Bonchev–Trinajstić information content (AvgIpc) is 2.15. The summed E-state index contributed by atoms with van der Waals surface area (Å²) >= 11 is 11.3. The highest BCUT2D eigenvalue weighted by molar-refractivity contribution is 6.30. The van der Waals surface area contributed by atoms with E-state index in [1.165, 1.54) is 0 Å². The lowest BCUT2D eigenvalue weighted by molar-refractivity contribution is 0.397. The van der Waals surface area contributed by atoms with Gasteiger partial charge in [0, 0.05) is 17.6 Å². The molecule has 1 aromatic heterocycles. The molecule has 0 bridgehead atoms. The highest BCUT2D eigenvalue weighted by atomic mass is 35.5. The first-order valence-corrected chi connectivity index (χ1v) is 4.61. The fourth-order valence-corrected chi connectivity index (χ4v) is 1.16. The number of alkyl halides is 1. The Balaban J connectivity index is 3.01. The van der Waals surface area contributed by atoms with E-state index in [2.05, 4.69) is 4.98 Å². The number of methoxy groups -OCH3 is 1. The summed E-state index contributed by atoms with van der Waals surface area (Å²) in [6.45, 7) is 0. The van der Waals surface area contributed by atoms with E-state index in [-0.39, 0.29) is 0 Å². The van der Waals surface area contributed by atoms with E-state index in [9.17, 15) is 0 Å². The van der Waals surface area contributed by atoms with E-state index in [0.29, 0.717) is 16.8 Å². The first-order valence-electron chi connectivity index (χ1n) is 3.70. The van der Waals surface area contributed by atoms with Crippen LogP contribution in [0, 0.1) is 0 Å². The van der Waals surface area contributed by atoms with Gasteiger partial charge < -0.3 is 4.74 Å². The molecule has 0 fully saturated rings. The number of allylic oxidation sites excluding steroid dienone is 1. The number of hydrogen-bond donors (Lipinski definition) is 0. The minimum atomic E-state index is 0.454. The monoisotopic (exact) mass is 217 g/mol. The smallest absolute Gasteiger partial charge is 0.220 e. The maximum Gasteiger partial charge on any atom is 0.220 e. The van der Waals surface area contributed by atoms with Gasteiger partial charge in [-0.1, -0.05) is 23.8 Å². The Hall–Kier alpha value is -0.730. The molecule has 0 radical (unpaired) electrons. The molecule has 2 nitrogen and oxygen atoms in total. The van der Waals surface area contributed by atoms with Gasteiger partial charge in [0.1, 0.15) is 0 Å². The van der Waals surface area contributed by atoms with E-state index in [1.54, 1.807) is 25.4 Å². The van der Waals surface area contributed by atoms with Crippen LogP contribution in [-0.2, 0) is 0 Å². The molecule has 0 saturated heterocycles. The highest BCUT2D eigenvalue weighted by Gasteiger charge is 2.00. The van der Waals surface area contributed by atoms with Gasteiger partial charge in [0.15, 0.2) is 0 Å². The van der Waals surface area contributed by atoms with Crippen LogP contribution in [0.4, 0.5) is 0 Å². The second-order valence-electron chi connectivity index (χ2n) is 2.31. The summed E-state index contributed by atoms with van der Waals surface area (Å²) < 4.78 is 5.03. The number of rotatable bonds is 3. The lowest BCUT2D eigenvalue weighted by Gasteiger charge is -2.02. The number of halogens is 2. The van der Waals surface area contributed by atoms with Crippen molar-refractivity contribution in [1.29, 1.82) is 0 Å². The molecule has 0 N–H and O–H groups in total. The van der Waals surface area contributed by atoms with E-state index >= 15 is 0 Å². The normalized spacial score (nSPS) is 10.7. The van der Waals surface area contributed by atoms with Crippen LogP contribution in [0.25, 0.3) is 6.08 Å². The van der Waals surface area contributed by atoms with Crippen molar-refractivity contribution >= 4 is 29.3 Å². The second-order valence-corrected chi connectivity index (χ2v) is 3.05. The van der Waals surface area contributed by atoms with Crippen molar-refractivity contribution in [3.05, 3.63) is 28.9 Å². The van der Waals surface area contributed by atoms with Crippen LogP contribution < -0.4 is 4.74 Å². The van der Waals surface area contributed by atoms with Crippen molar-refractivity contribution in [2.45, 2.75) is 0 Å². The van der Waals surface area contributed by atoms with Crippen molar-refractivity contribution in [2.75, 3.05) is 13.0 Å². The molecule has 0 aliphatic carbocycles. The Kier molecular flexibility index (Phi) is 4.06. The standard InChI is InChI=1S/C9H9Cl2NO/c1-13-9-7(3-2-4-10)5-8(11)6-12-9/h2-3,5-6H,4H2,1H3. The first-order chi connectivity index (χ1) is 6.27. The average molecular weight is 218 g/mol. The van der Waals surface area contributed by atoms with E-state index < -0.39 is 0 Å². The summed E-state index contributed by atoms with van der Waals surface area (Å²) in [5.74, 6) is 1.00. The van der Waals surface area contributed by atoms with Gasteiger partial charge in [-0.05, 0) is 6.07 Å². The van der Waals surface area contributed by atoms with Crippen molar-refractivity contribution in [3.63, 3.8) is 0 Å². The van der Waals surface area contributed by atoms with Crippen LogP contribution in [-0.4, -0.2) is 18.0 Å². The molecular weight excluding hydrogens is 209 g/mol. The van der Waals surface area contributed by atoms with Crippen LogP contribution in [0.1, 0.15) is 5.56 Å². The molecule has 1 rings (SSSR count). The Bertz CT molecular complexity index is 312. The Morgan fingerprint density at radius 2 is 2.38 bits per heavy atom. The van der Waals surface area contributed by atoms with E-state index in [1.807, 2.05) is 6.08 Å². The predicted octanol–water partition coefficient (Wildman–Crippen LogP) is 3.00. The molecule has 1 aromatic rings. The third-order valence-electron chi connectivity index (χ3n) is 1.43. The zero-order valence-electron chi connectivity index (χ0n) is 7.13. The van der Waals surface area contributed by atoms with Gasteiger partial charge >= 0.3 is 0 Å². The van der Waals surface area contributed by atoms with Gasteiger partial charge in [-0.2, -0.15) is 0 Å². The largest absolute Gasteiger partial charge is 0.481 e. The third-order valence-corrected chi connectivity index (χ3v) is 1.81. The summed E-state index contributed by atoms with van der Waals surface area (Å²) in [6, 6.07) is 1.77. The summed E-state index contributed by atoms with van der Waals surface area (Å²) in [4.78, 5) is 4.00. The van der Waals surface area contributed by atoms with Gasteiger partial charge in [-0.25, -0.2) is 4.98 Å². The van der Waals surface area contributed by atoms with Crippen LogP contribution in [0.5, 0.6) is 5.88 Å². The molecule has 0 aliphatic heterocycles. The molecule has 0 unspecified atom stereocenters. The molecule has 1 heterocycles. The molecule has 0 aliphatic rings. The maximum atomic E-state index is 5.77. The third kappa shape index (κ3) is 2.90.